The lowest BCUT2D eigenvalue weighted by molar-refractivity contribution is -0.953. The van der Waals surface area contributed by atoms with Crippen LogP contribution in [0.5, 0.6) is 5.88 Å². The number of unbranched alkanes of at least 4 members (excludes halogenated alkanes) is 3. The average molecular weight is 642 g/mol. The van der Waals surface area contributed by atoms with Crippen LogP contribution in [0.2, 0.25) is 0 Å². The molecule has 2 aliphatic rings. The van der Waals surface area contributed by atoms with E-state index in [0.717, 1.165) is 68.3 Å². The van der Waals surface area contributed by atoms with Gasteiger partial charge in [0.2, 0.25) is 0 Å². The van der Waals surface area contributed by atoms with Crippen LogP contribution in [0.25, 0.3) is 5.57 Å². The van der Waals surface area contributed by atoms with Crippen LogP contribution in [-0.4, -0.2) is 52.2 Å². The quantitative estimate of drug-likeness (QED) is 0.161. The highest BCUT2D eigenvalue weighted by Gasteiger charge is 2.41. The molecule has 1 aliphatic carbocycles. The molecule has 37 heavy (non-hydrogen) atoms. The first-order valence-corrected chi connectivity index (χ1v) is 14.2. The molecule has 0 N–H and O–H groups in total. The SMILES string of the molecule is CCCCCCOc1nsnc1C1=CCC[N+](C)(C(OC(=O)OC2CCCCC2)c2ccccc2)C1.[I-]. The van der Waals surface area contributed by atoms with E-state index in [-0.39, 0.29) is 30.1 Å². The number of rotatable bonds is 11. The second kappa shape index (κ2) is 15.0. The largest absolute Gasteiger partial charge is 1.00 e. The molecule has 4 rings (SSSR count). The number of aromatic nitrogens is 2. The number of ether oxygens (including phenoxy) is 3. The average Bonchev–Trinajstić information content (AvgIpc) is 3.37. The highest BCUT2D eigenvalue weighted by molar-refractivity contribution is 6.99. The second-order valence-corrected chi connectivity index (χ2v) is 10.7. The van der Waals surface area contributed by atoms with Crippen molar-refractivity contribution < 1.29 is 47.5 Å². The van der Waals surface area contributed by atoms with Crippen LogP contribution in [0.4, 0.5) is 4.79 Å². The van der Waals surface area contributed by atoms with E-state index in [9.17, 15) is 4.79 Å². The molecule has 0 saturated heterocycles. The standard InChI is InChI=1S/C28H40N3O4S.HI/c1-3-4-5-12-20-33-26-25(29-36-30-26)23-16-13-19-31(2,21-23)27(22-14-8-6-9-15-22)35-28(32)34-24-17-10-7-11-18-24;/h6,8-9,14-16,24,27H,3-5,7,10-13,17-21H2,1-2H3;1H/q+1;/p-1. The maximum atomic E-state index is 12.9. The molecule has 1 saturated carbocycles. The summed E-state index contributed by atoms with van der Waals surface area (Å²) in [6, 6.07) is 10.00. The zero-order valence-electron chi connectivity index (χ0n) is 22.1. The lowest BCUT2D eigenvalue weighted by Gasteiger charge is -2.42. The lowest BCUT2D eigenvalue weighted by atomic mass is 9.98. The Morgan fingerprint density at radius 1 is 1.11 bits per heavy atom. The molecule has 0 bridgehead atoms. The maximum Gasteiger partial charge on any atom is 0.513 e. The summed E-state index contributed by atoms with van der Waals surface area (Å²) in [4.78, 5) is 12.9. The Morgan fingerprint density at radius 2 is 1.89 bits per heavy atom. The molecule has 2 aromatic rings. The molecule has 1 aromatic heterocycles. The molecule has 1 aromatic carbocycles. The van der Waals surface area contributed by atoms with Crippen LogP contribution in [0.3, 0.4) is 0 Å². The fourth-order valence-corrected chi connectivity index (χ4v) is 5.75. The summed E-state index contributed by atoms with van der Waals surface area (Å²) in [5.41, 5.74) is 2.87. The molecule has 204 valence electrons. The van der Waals surface area contributed by atoms with Gasteiger partial charge in [-0.2, -0.15) is 4.37 Å². The van der Waals surface area contributed by atoms with Crippen LogP contribution in [-0.2, 0) is 9.47 Å². The highest BCUT2D eigenvalue weighted by Crippen LogP contribution is 2.37. The zero-order valence-corrected chi connectivity index (χ0v) is 25.0. The molecule has 7 nitrogen and oxygen atoms in total. The Bertz CT molecular complexity index is 996. The van der Waals surface area contributed by atoms with Crippen molar-refractivity contribution in [2.45, 2.75) is 83.5 Å². The minimum absolute atomic E-state index is 0. The van der Waals surface area contributed by atoms with E-state index >= 15 is 0 Å². The van der Waals surface area contributed by atoms with Gasteiger partial charge in [-0.25, -0.2) is 4.79 Å². The summed E-state index contributed by atoms with van der Waals surface area (Å²) < 4.78 is 27.4. The van der Waals surface area contributed by atoms with Crippen molar-refractivity contribution in [1.29, 1.82) is 0 Å². The van der Waals surface area contributed by atoms with Crippen LogP contribution in [0.1, 0.15) is 88.6 Å². The summed E-state index contributed by atoms with van der Waals surface area (Å²) >= 11 is 1.18. The minimum atomic E-state index is -0.572. The van der Waals surface area contributed by atoms with Crippen molar-refractivity contribution in [2.24, 2.45) is 0 Å². The Labute approximate surface area is 242 Å². The fourth-order valence-electron chi connectivity index (χ4n) is 5.22. The van der Waals surface area contributed by atoms with Crippen molar-refractivity contribution in [3.8, 4) is 5.88 Å². The van der Waals surface area contributed by atoms with Gasteiger partial charge in [-0.3, -0.25) is 4.48 Å². The molecular weight excluding hydrogens is 601 g/mol. The van der Waals surface area contributed by atoms with Gasteiger partial charge in [0.15, 0.2) is 0 Å². The Morgan fingerprint density at radius 3 is 2.65 bits per heavy atom. The molecule has 2 heterocycles. The Hall–Kier alpha value is -1.72. The van der Waals surface area contributed by atoms with Gasteiger partial charge < -0.3 is 38.2 Å². The predicted octanol–water partition coefficient (Wildman–Crippen LogP) is 3.92. The van der Waals surface area contributed by atoms with E-state index < -0.39 is 12.4 Å². The minimum Gasteiger partial charge on any atom is -1.00 e. The number of halogens is 1. The third kappa shape index (κ3) is 8.38. The van der Waals surface area contributed by atoms with Crippen molar-refractivity contribution in [2.75, 3.05) is 26.7 Å². The van der Waals surface area contributed by atoms with Crippen molar-refractivity contribution in [3.63, 3.8) is 0 Å². The van der Waals surface area contributed by atoms with Gasteiger partial charge in [0, 0.05) is 12.0 Å². The fraction of sp³-hybridized carbons (Fsp3) is 0.607. The van der Waals surface area contributed by atoms with Crippen molar-refractivity contribution >= 4 is 23.5 Å². The van der Waals surface area contributed by atoms with Gasteiger partial charge in [0.1, 0.15) is 18.3 Å². The van der Waals surface area contributed by atoms with E-state index in [1.54, 1.807) is 0 Å². The number of nitrogens with zero attached hydrogens (tertiary/aromatic N) is 3. The molecule has 0 spiro atoms. The van der Waals surface area contributed by atoms with Crippen LogP contribution in [0.15, 0.2) is 36.4 Å². The van der Waals surface area contributed by atoms with Crippen LogP contribution in [0, 0.1) is 0 Å². The van der Waals surface area contributed by atoms with Crippen LogP contribution < -0.4 is 28.7 Å². The summed E-state index contributed by atoms with van der Waals surface area (Å²) in [5.74, 6) is 0.616. The number of quaternary nitrogens is 1. The Balaban J connectivity index is 0.00000380. The van der Waals surface area contributed by atoms with Gasteiger partial charge in [0.25, 0.3) is 12.1 Å². The molecule has 0 amide bonds. The molecule has 9 heteroatoms. The Kier molecular flexibility index (Phi) is 12.1. The summed E-state index contributed by atoms with van der Waals surface area (Å²) in [5, 5.41) is 0. The summed E-state index contributed by atoms with van der Waals surface area (Å²) in [6.45, 7) is 4.36. The van der Waals surface area contributed by atoms with Gasteiger partial charge >= 0.3 is 6.16 Å². The molecule has 0 radical (unpaired) electrons. The zero-order chi connectivity index (χ0) is 25.2. The van der Waals surface area contributed by atoms with Crippen LogP contribution >= 0.6 is 11.7 Å². The van der Waals surface area contributed by atoms with Gasteiger partial charge in [-0.05, 0) is 44.2 Å². The van der Waals surface area contributed by atoms with E-state index in [2.05, 4.69) is 28.8 Å². The maximum absolute atomic E-state index is 12.9. The topological polar surface area (TPSA) is 70.5 Å². The molecule has 2 atom stereocenters. The van der Waals surface area contributed by atoms with Crippen molar-refractivity contribution in [1.82, 2.24) is 8.75 Å². The monoisotopic (exact) mass is 641 g/mol. The number of hydrogen-bond donors (Lipinski definition) is 0. The third-order valence-electron chi connectivity index (χ3n) is 7.24. The van der Waals surface area contributed by atoms with Gasteiger partial charge in [-0.15, -0.1) is 4.37 Å². The van der Waals surface area contributed by atoms with E-state index in [1.807, 2.05) is 30.3 Å². The molecule has 1 aliphatic heterocycles. The number of hydrogen-bond acceptors (Lipinski definition) is 7. The smallest absolute Gasteiger partial charge is 0.513 e. The first kappa shape index (κ1) is 29.8. The van der Waals surface area contributed by atoms with E-state index in [0.29, 0.717) is 23.5 Å². The first-order chi connectivity index (χ1) is 17.6. The van der Waals surface area contributed by atoms with Gasteiger partial charge in [0.05, 0.1) is 37.5 Å². The lowest BCUT2D eigenvalue weighted by Crippen LogP contribution is -3.00. The van der Waals surface area contributed by atoms with E-state index in [4.69, 9.17) is 14.2 Å². The molecular formula is C28H40IN3O4S. The van der Waals surface area contributed by atoms with Gasteiger partial charge in [-0.1, -0.05) is 56.9 Å². The predicted molar refractivity (Wildman–Crippen MR) is 142 cm³/mol. The molecule has 1 fully saturated rings. The number of carbonyl (C=O) groups excluding carboxylic acids is 1. The highest BCUT2D eigenvalue weighted by atomic mass is 127. The van der Waals surface area contributed by atoms with E-state index in [1.165, 1.54) is 31.0 Å². The normalized spacial score (nSPS) is 20.9. The second-order valence-electron chi connectivity index (χ2n) is 10.2. The molecule has 2 unspecified atom stereocenters. The van der Waals surface area contributed by atoms with Crippen molar-refractivity contribution in [3.05, 3.63) is 47.7 Å². The number of likely N-dealkylation sites (N-methyl/N-ethyl adjacent to an activating group) is 1. The summed E-state index contributed by atoms with van der Waals surface area (Å²) in [7, 11) is 2.14. The number of benzene rings is 1. The third-order valence-corrected chi connectivity index (χ3v) is 7.75. The summed E-state index contributed by atoms with van der Waals surface area (Å²) in [6.07, 6.45) is 11.8. The first-order valence-electron chi connectivity index (χ1n) is 13.5. The number of carbonyl (C=O) groups is 1.